The molecule has 0 unspecified atom stereocenters. The standard InChI is InChI=1S/C13H18IN3O2/c14-12-9-11(1-2-13(12)17(18)19)16-7-4-10(3-6-15)5-8-16/h1-2,9-10H,3-8,15H2. The van der Waals surface area contributed by atoms with Gasteiger partial charge in [0, 0.05) is 24.8 Å². The van der Waals surface area contributed by atoms with E-state index in [4.69, 9.17) is 5.73 Å². The molecule has 2 rings (SSSR count). The van der Waals surface area contributed by atoms with Crippen molar-refractivity contribution in [2.75, 3.05) is 24.5 Å². The molecule has 104 valence electrons. The van der Waals surface area contributed by atoms with E-state index in [9.17, 15) is 10.1 Å². The minimum Gasteiger partial charge on any atom is -0.371 e. The van der Waals surface area contributed by atoms with Crippen molar-refractivity contribution in [3.05, 3.63) is 31.9 Å². The summed E-state index contributed by atoms with van der Waals surface area (Å²) in [5.41, 5.74) is 6.86. The molecule has 0 spiro atoms. The van der Waals surface area contributed by atoms with Crippen molar-refractivity contribution >= 4 is 34.0 Å². The first kappa shape index (κ1) is 14.5. The van der Waals surface area contributed by atoms with Gasteiger partial charge in [0.15, 0.2) is 0 Å². The van der Waals surface area contributed by atoms with E-state index in [0.29, 0.717) is 3.57 Å². The summed E-state index contributed by atoms with van der Waals surface area (Å²) in [6.07, 6.45) is 3.42. The lowest BCUT2D eigenvalue weighted by atomic mass is 9.93. The predicted molar refractivity (Wildman–Crippen MR) is 84.4 cm³/mol. The van der Waals surface area contributed by atoms with Gasteiger partial charge in [-0.15, -0.1) is 0 Å². The molecule has 1 aliphatic rings. The Morgan fingerprint density at radius 3 is 2.63 bits per heavy atom. The van der Waals surface area contributed by atoms with Gasteiger partial charge in [0.1, 0.15) is 0 Å². The van der Waals surface area contributed by atoms with E-state index < -0.39 is 0 Å². The Kier molecular flexibility index (Phi) is 4.98. The van der Waals surface area contributed by atoms with Crippen LogP contribution in [0.1, 0.15) is 19.3 Å². The van der Waals surface area contributed by atoms with Crippen LogP contribution >= 0.6 is 22.6 Å². The fourth-order valence-corrected chi connectivity index (χ4v) is 3.25. The number of benzene rings is 1. The molecule has 0 atom stereocenters. The molecule has 6 heteroatoms. The van der Waals surface area contributed by atoms with Crippen LogP contribution in [-0.2, 0) is 0 Å². The number of piperidine rings is 1. The second-order valence-electron chi connectivity index (χ2n) is 4.90. The van der Waals surface area contributed by atoms with Crippen LogP contribution < -0.4 is 10.6 Å². The van der Waals surface area contributed by atoms with E-state index in [-0.39, 0.29) is 10.6 Å². The highest BCUT2D eigenvalue weighted by Gasteiger charge is 2.20. The van der Waals surface area contributed by atoms with Crippen molar-refractivity contribution in [3.63, 3.8) is 0 Å². The topological polar surface area (TPSA) is 72.4 Å². The summed E-state index contributed by atoms with van der Waals surface area (Å²) in [6.45, 7) is 2.79. The second kappa shape index (κ2) is 6.51. The van der Waals surface area contributed by atoms with Crippen LogP contribution in [0.5, 0.6) is 0 Å². The molecular weight excluding hydrogens is 357 g/mol. The van der Waals surface area contributed by atoms with Gasteiger partial charge >= 0.3 is 0 Å². The molecule has 0 bridgehead atoms. The SMILES string of the molecule is NCCC1CCN(c2ccc([N+](=O)[O-])c(I)c2)CC1. The molecule has 1 heterocycles. The fraction of sp³-hybridized carbons (Fsp3) is 0.538. The van der Waals surface area contributed by atoms with Crippen molar-refractivity contribution < 1.29 is 4.92 Å². The number of rotatable bonds is 4. The van der Waals surface area contributed by atoms with Gasteiger partial charge in [0.05, 0.1) is 8.49 Å². The molecular formula is C13H18IN3O2. The first-order valence-corrected chi connectivity index (χ1v) is 7.58. The number of hydrogen-bond acceptors (Lipinski definition) is 4. The van der Waals surface area contributed by atoms with Crippen molar-refractivity contribution in [1.29, 1.82) is 0 Å². The summed E-state index contributed by atoms with van der Waals surface area (Å²) in [5, 5.41) is 10.8. The third-order valence-corrected chi connectivity index (χ3v) is 4.55. The van der Waals surface area contributed by atoms with E-state index in [1.807, 2.05) is 34.7 Å². The van der Waals surface area contributed by atoms with Gasteiger partial charge in [0.2, 0.25) is 0 Å². The Morgan fingerprint density at radius 2 is 2.11 bits per heavy atom. The van der Waals surface area contributed by atoms with Gasteiger partial charge in [-0.1, -0.05) is 0 Å². The molecule has 0 radical (unpaired) electrons. The number of halogens is 1. The fourth-order valence-electron chi connectivity index (χ4n) is 2.56. The van der Waals surface area contributed by atoms with Crippen LogP contribution in [0.25, 0.3) is 0 Å². The van der Waals surface area contributed by atoms with Crippen molar-refractivity contribution in [3.8, 4) is 0 Å². The molecule has 1 aromatic rings. The molecule has 1 saturated heterocycles. The van der Waals surface area contributed by atoms with Gasteiger partial charge in [-0.05, 0) is 66.4 Å². The molecule has 5 nitrogen and oxygen atoms in total. The highest BCUT2D eigenvalue weighted by Crippen LogP contribution is 2.29. The maximum Gasteiger partial charge on any atom is 0.282 e. The van der Waals surface area contributed by atoms with E-state index in [2.05, 4.69) is 4.90 Å². The molecule has 2 N–H and O–H groups in total. The largest absolute Gasteiger partial charge is 0.371 e. The van der Waals surface area contributed by atoms with Gasteiger partial charge in [-0.3, -0.25) is 10.1 Å². The van der Waals surface area contributed by atoms with Crippen LogP contribution in [0, 0.1) is 19.6 Å². The van der Waals surface area contributed by atoms with Crippen LogP contribution in [0.2, 0.25) is 0 Å². The summed E-state index contributed by atoms with van der Waals surface area (Å²) >= 11 is 2.03. The highest BCUT2D eigenvalue weighted by molar-refractivity contribution is 14.1. The molecule has 1 aliphatic heterocycles. The number of anilines is 1. The average Bonchev–Trinajstić information content (AvgIpc) is 2.39. The zero-order valence-corrected chi connectivity index (χ0v) is 12.9. The molecule has 19 heavy (non-hydrogen) atoms. The number of nitrogens with zero attached hydrogens (tertiary/aromatic N) is 2. The Labute approximate surface area is 126 Å². The maximum atomic E-state index is 10.8. The zero-order valence-electron chi connectivity index (χ0n) is 10.7. The van der Waals surface area contributed by atoms with Crippen LogP contribution in [0.3, 0.4) is 0 Å². The zero-order chi connectivity index (χ0) is 13.8. The summed E-state index contributed by atoms with van der Waals surface area (Å²) < 4.78 is 0.698. The number of hydrogen-bond donors (Lipinski definition) is 1. The summed E-state index contributed by atoms with van der Waals surface area (Å²) in [5.74, 6) is 0.735. The normalized spacial score (nSPS) is 16.6. The Hall–Kier alpha value is -0.890. The van der Waals surface area contributed by atoms with Crippen LogP contribution in [0.15, 0.2) is 18.2 Å². The lowest BCUT2D eigenvalue weighted by Crippen LogP contribution is -2.34. The molecule has 0 aromatic heterocycles. The monoisotopic (exact) mass is 375 g/mol. The van der Waals surface area contributed by atoms with E-state index in [1.165, 1.54) is 0 Å². The van der Waals surface area contributed by atoms with E-state index in [1.54, 1.807) is 6.07 Å². The molecule has 0 aliphatic carbocycles. The lowest BCUT2D eigenvalue weighted by molar-refractivity contribution is -0.385. The third kappa shape index (κ3) is 3.56. The predicted octanol–water partition coefficient (Wildman–Crippen LogP) is 2.76. The van der Waals surface area contributed by atoms with E-state index in [0.717, 1.165) is 50.5 Å². The van der Waals surface area contributed by atoms with Gasteiger partial charge in [0.25, 0.3) is 5.69 Å². The molecule has 0 saturated carbocycles. The minimum absolute atomic E-state index is 0.183. The Bertz CT molecular complexity index is 459. The lowest BCUT2D eigenvalue weighted by Gasteiger charge is -2.33. The highest BCUT2D eigenvalue weighted by atomic mass is 127. The van der Waals surface area contributed by atoms with E-state index >= 15 is 0 Å². The minimum atomic E-state index is -0.334. The quantitative estimate of drug-likeness (QED) is 0.499. The number of nitrogens with two attached hydrogens (primary N) is 1. The first-order chi connectivity index (χ1) is 9.11. The average molecular weight is 375 g/mol. The van der Waals surface area contributed by atoms with Crippen molar-refractivity contribution in [2.24, 2.45) is 11.7 Å². The number of nitro groups is 1. The van der Waals surface area contributed by atoms with Gasteiger partial charge in [-0.2, -0.15) is 0 Å². The van der Waals surface area contributed by atoms with Crippen LogP contribution in [-0.4, -0.2) is 24.6 Å². The molecule has 1 aromatic carbocycles. The molecule has 0 amide bonds. The van der Waals surface area contributed by atoms with Gasteiger partial charge < -0.3 is 10.6 Å². The third-order valence-electron chi connectivity index (χ3n) is 3.68. The maximum absolute atomic E-state index is 10.8. The Balaban J connectivity index is 2.04. The van der Waals surface area contributed by atoms with Crippen LogP contribution in [0.4, 0.5) is 11.4 Å². The number of nitro benzene ring substituents is 1. The van der Waals surface area contributed by atoms with Gasteiger partial charge in [-0.25, -0.2) is 0 Å². The van der Waals surface area contributed by atoms with Crippen molar-refractivity contribution in [1.82, 2.24) is 0 Å². The summed E-state index contributed by atoms with van der Waals surface area (Å²) in [7, 11) is 0. The second-order valence-corrected chi connectivity index (χ2v) is 6.06. The smallest absolute Gasteiger partial charge is 0.282 e. The summed E-state index contributed by atoms with van der Waals surface area (Å²) in [6, 6.07) is 5.36. The van der Waals surface area contributed by atoms with Crippen molar-refractivity contribution in [2.45, 2.75) is 19.3 Å². The summed E-state index contributed by atoms with van der Waals surface area (Å²) in [4.78, 5) is 12.8. The first-order valence-electron chi connectivity index (χ1n) is 6.50. The molecule has 1 fully saturated rings. The Morgan fingerprint density at radius 1 is 1.42 bits per heavy atom.